The molecule has 1 saturated heterocycles. The van der Waals surface area contributed by atoms with Crippen LogP contribution in [0, 0.1) is 5.92 Å². The number of amides is 1. The standard InChI is InChI=1S/C14H20N4O3/c1-9(19)16-7-10-2-4-18(5-3-10)13-6-11(14(20)21)12(15)8-17-13/h6,8,10H,2-5,7,15H2,1H3,(H,16,19)(H,20,21). The van der Waals surface area contributed by atoms with Gasteiger partial charge in [-0.25, -0.2) is 9.78 Å². The molecule has 0 bridgehead atoms. The Balaban J connectivity index is 1.97. The summed E-state index contributed by atoms with van der Waals surface area (Å²) < 4.78 is 0. The van der Waals surface area contributed by atoms with Crippen LogP contribution in [0.25, 0.3) is 0 Å². The minimum Gasteiger partial charge on any atom is -0.478 e. The van der Waals surface area contributed by atoms with Crippen LogP contribution in [0.2, 0.25) is 0 Å². The fraction of sp³-hybridized carbons (Fsp3) is 0.500. The fourth-order valence-corrected chi connectivity index (χ4v) is 2.47. The zero-order chi connectivity index (χ0) is 15.4. The van der Waals surface area contributed by atoms with Crippen LogP contribution in [0.4, 0.5) is 11.5 Å². The van der Waals surface area contributed by atoms with Gasteiger partial charge in [-0.05, 0) is 24.8 Å². The number of hydrogen-bond donors (Lipinski definition) is 3. The highest BCUT2D eigenvalue weighted by atomic mass is 16.4. The average Bonchev–Trinajstić information content (AvgIpc) is 2.46. The summed E-state index contributed by atoms with van der Waals surface area (Å²) in [7, 11) is 0. The van der Waals surface area contributed by atoms with Crippen molar-refractivity contribution in [3.63, 3.8) is 0 Å². The summed E-state index contributed by atoms with van der Waals surface area (Å²) in [5.41, 5.74) is 5.86. The number of nitrogens with two attached hydrogens (primary N) is 1. The number of aromatic carboxylic acids is 1. The summed E-state index contributed by atoms with van der Waals surface area (Å²) in [4.78, 5) is 28.3. The van der Waals surface area contributed by atoms with Gasteiger partial charge in [-0.2, -0.15) is 0 Å². The van der Waals surface area contributed by atoms with Crippen LogP contribution in [0.5, 0.6) is 0 Å². The van der Waals surface area contributed by atoms with E-state index in [0.29, 0.717) is 18.3 Å². The maximum absolute atomic E-state index is 11.1. The van der Waals surface area contributed by atoms with E-state index in [1.165, 1.54) is 19.2 Å². The highest BCUT2D eigenvalue weighted by molar-refractivity contribution is 5.94. The normalized spacial score (nSPS) is 15.8. The minimum atomic E-state index is -1.04. The Morgan fingerprint density at radius 1 is 1.48 bits per heavy atom. The van der Waals surface area contributed by atoms with Crippen molar-refractivity contribution >= 4 is 23.4 Å². The van der Waals surface area contributed by atoms with Crippen molar-refractivity contribution in [1.29, 1.82) is 0 Å². The number of piperidine rings is 1. The lowest BCUT2D eigenvalue weighted by molar-refractivity contribution is -0.119. The quantitative estimate of drug-likeness (QED) is 0.754. The SMILES string of the molecule is CC(=O)NCC1CCN(c2cc(C(=O)O)c(N)cn2)CC1. The summed E-state index contributed by atoms with van der Waals surface area (Å²) in [6.45, 7) is 3.79. The number of anilines is 2. The Kier molecular flexibility index (Phi) is 4.62. The molecular formula is C14H20N4O3. The van der Waals surface area contributed by atoms with Crippen molar-refractivity contribution in [3.8, 4) is 0 Å². The topological polar surface area (TPSA) is 109 Å². The molecule has 7 nitrogen and oxygen atoms in total. The summed E-state index contributed by atoms with van der Waals surface area (Å²) >= 11 is 0. The molecule has 7 heteroatoms. The molecule has 21 heavy (non-hydrogen) atoms. The van der Waals surface area contributed by atoms with Gasteiger partial charge in [0.15, 0.2) is 0 Å². The number of nitrogen functional groups attached to an aromatic ring is 1. The third-order valence-electron chi connectivity index (χ3n) is 3.73. The molecule has 0 aromatic carbocycles. The predicted octanol–water partition coefficient (Wildman–Crippen LogP) is 0.714. The summed E-state index contributed by atoms with van der Waals surface area (Å²) in [6, 6.07) is 1.52. The van der Waals surface area contributed by atoms with Crippen molar-refractivity contribution in [3.05, 3.63) is 17.8 Å². The highest BCUT2D eigenvalue weighted by Crippen LogP contribution is 2.24. The van der Waals surface area contributed by atoms with Crippen LogP contribution < -0.4 is 16.0 Å². The Morgan fingerprint density at radius 3 is 2.71 bits per heavy atom. The number of pyridine rings is 1. The number of nitrogens with zero attached hydrogens (tertiary/aromatic N) is 2. The van der Waals surface area contributed by atoms with Crippen molar-refractivity contribution in [2.24, 2.45) is 5.92 Å². The fourth-order valence-electron chi connectivity index (χ4n) is 2.47. The molecule has 1 aliphatic heterocycles. The van der Waals surface area contributed by atoms with Crippen LogP contribution >= 0.6 is 0 Å². The van der Waals surface area contributed by atoms with Gasteiger partial charge in [-0.3, -0.25) is 4.79 Å². The number of nitrogens with one attached hydrogen (secondary N) is 1. The second-order valence-electron chi connectivity index (χ2n) is 5.30. The molecule has 0 unspecified atom stereocenters. The van der Waals surface area contributed by atoms with E-state index in [-0.39, 0.29) is 17.2 Å². The van der Waals surface area contributed by atoms with Gasteiger partial charge < -0.3 is 21.1 Å². The van der Waals surface area contributed by atoms with Crippen LogP contribution in [0.1, 0.15) is 30.1 Å². The molecule has 4 N–H and O–H groups in total. The molecule has 1 amide bonds. The lowest BCUT2D eigenvalue weighted by Gasteiger charge is -2.33. The van der Waals surface area contributed by atoms with E-state index in [1.54, 1.807) is 0 Å². The average molecular weight is 292 g/mol. The Morgan fingerprint density at radius 2 is 2.14 bits per heavy atom. The second-order valence-corrected chi connectivity index (χ2v) is 5.30. The number of carboxylic acid groups (broad SMARTS) is 1. The van der Waals surface area contributed by atoms with Gasteiger partial charge in [-0.15, -0.1) is 0 Å². The first-order valence-electron chi connectivity index (χ1n) is 6.95. The van der Waals surface area contributed by atoms with Crippen molar-refractivity contribution in [2.45, 2.75) is 19.8 Å². The zero-order valence-electron chi connectivity index (χ0n) is 12.0. The summed E-state index contributed by atoms with van der Waals surface area (Å²) in [5.74, 6) is 0.0397. The van der Waals surface area contributed by atoms with E-state index >= 15 is 0 Å². The predicted molar refractivity (Wildman–Crippen MR) is 79.2 cm³/mol. The van der Waals surface area contributed by atoms with Crippen molar-refractivity contribution in [1.82, 2.24) is 10.3 Å². The van der Waals surface area contributed by atoms with Gasteiger partial charge in [0.1, 0.15) is 5.82 Å². The van der Waals surface area contributed by atoms with Crippen LogP contribution in [-0.2, 0) is 4.79 Å². The minimum absolute atomic E-state index is 0.0104. The van der Waals surface area contributed by atoms with Crippen LogP contribution in [0.3, 0.4) is 0 Å². The first kappa shape index (κ1) is 15.1. The second kappa shape index (κ2) is 6.43. The lowest BCUT2D eigenvalue weighted by Crippen LogP contribution is -2.38. The van der Waals surface area contributed by atoms with Gasteiger partial charge in [0.05, 0.1) is 17.4 Å². The number of hydrogen-bond acceptors (Lipinski definition) is 5. The van der Waals surface area contributed by atoms with Crippen LogP contribution in [-0.4, -0.2) is 41.6 Å². The Hall–Kier alpha value is -2.31. The number of carbonyl (C=O) groups excluding carboxylic acids is 1. The van der Waals surface area contributed by atoms with Gasteiger partial charge >= 0.3 is 5.97 Å². The van der Waals surface area contributed by atoms with E-state index in [1.807, 2.05) is 0 Å². The van der Waals surface area contributed by atoms with E-state index < -0.39 is 5.97 Å². The summed E-state index contributed by atoms with van der Waals surface area (Å²) in [6.07, 6.45) is 3.27. The molecule has 2 rings (SSSR count). The monoisotopic (exact) mass is 292 g/mol. The molecule has 114 valence electrons. The molecular weight excluding hydrogens is 272 g/mol. The van der Waals surface area contributed by atoms with Gasteiger partial charge in [0.2, 0.25) is 5.91 Å². The van der Waals surface area contributed by atoms with E-state index in [9.17, 15) is 9.59 Å². The first-order valence-corrected chi connectivity index (χ1v) is 6.95. The van der Waals surface area contributed by atoms with Gasteiger partial charge in [-0.1, -0.05) is 0 Å². The van der Waals surface area contributed by atoms with Crippen molar-refractivity contribution < 1.29 is 14.7 Å². The van der Waals surface area contributed by atoms with Gasteiger partial charge in [0, 0.05) is 26.6 Å². The van der Waals surface area contributed by atoms with E-state index in [2.05, 4.69) is 15.2 Å². The van der Waals surface area contributed by atoms with E-state index in [0.717, 1.165) is 25.9 Å². The largest absolute Gasteiger partial charge is 0.478 e. The Labute approximate surface area is 123 Å². The summed E-state index contributed by atoms with van der Waals surface area (Å²) in [5, 5.41) is 11.9. The molecule has 0 saturated carbocycles. The zero-order valence-corrected chi connectivity index (χ0v) is 12.0. The molecule has 1 aromatic rings. The number of carbonyl (C=O) groups is 2. The maximum Gasteiger partial charge on any atom is 0.337 e. The maximum atomic E-state index is 11.1. The van der Waals surface area contributed by atoms with Crippen LogP contribution in [0.15, 0.2) is 12.3 Å². The Bertz CT molecular complexity index is 539. The molecule has 1 fully saturated rings. The van der Waals surface area contributed by atoms with Gasteiger partial charge in [0.25, 0.3) is 0 Å². The molecule has 1 aliphatic rings. The third-order valence-corrected chi connectivity index (χ3v) is 3.73. The highest BCUT2D eigenvalue weighted by Gasteiger charge is 2.21. The molecule has 0 aliphatic carbocycles. The third kappa shape index (κ3) is 3.84. The lowest BCUT2D eigenvalue weighted by atomic mass is 9.96. The number of rotatable bonds is 4. The molecule has 0 radical (unpaired) electrons. The number of aromatic nitrogens is 1. The van der Waals surface area contributed by atoms with E-state index in [4.69, 9.17) is 10.8 Å². The smallest absolute Gasteiger partial charge is 0.337 e. The van der Waals surface area contributed by atoms with Crippen molar-refractivity contribution in [2.75, 3.05) is 30.3 Å². The first-order chi connectivity index (χ1) is 9.97. The molecule has 0 atom stereocenters. The molecule has 0 spiro atoms. The number of carboxylic acids is 1. The molecule has 1 aromatic heterocycles. The molecule has 2 heterocycles.